The van der Waals surface area contributed by atoms with Crippen molar-refractivity contribution in [3.05, 3.63) is 60.7 Å². The molecule has 27 heavy (non-hydrogen) atoms. The first-order valence-corrected chi connectivity index (χ1v) is 13.3. The van der Waals surface area contributed by atoms with E-state index in [1.54, 1.807) is 0 Å². The Morgan fingerprint density at radius 3 is 1.89 bits per heavy atom. The number of benzene rings is 2. The lowest BCUT2D eigenvalue weighted by Gasteiger charge is -2.44. The zero-order valence-electron chi connectivity index (χ0n) is 17.0. The zero-order chi connectivity index (χ0) is 19.3. The molecule has 1 fully saturated rings. The van der Waals surface area contributed by atoms with Crippen LogP contribution in [0.15, 0.2) is 60.7 Å². The molecule has 146 valence electrons. The fourth-order valence-corrected chi connectivity index (χ4v) is 9.93. The van der Waals surface area contributed by atoms with Gasteiger partial charge in [-0.3, -0.25) is 0 Å². The van der Waals surface area contributed by atoms with E-state index in [-0.39, 0.29) is 5.04 Å². The van der Waals surface area contributed by atoms with Crippen molar-refractivity contribution in [2.45, 2.75) is 51.5 Å². The molecule has 1 nitrogen and oxygen atoms in total. The van der Waals surface area contributed by atoms with Crippen molar-refractivity contribution >= 4 is 34.6 Å². The fourth-order valence-electron chi connectivity index (χ4n) is 4.70. The first-order chi connectivity index (χ1) is 13.0. The zero-order valence-corrected chi connectivity index (χ0v) is 19.5. The van der Waals surface area contributed by atoms with E-state index in [1.807, 2.05) is 0 Å². The molecule has 0 spiro atoms. The van der Waals surface area contributed by atoms with Crippen LogP contribution in [0.4, 0.5) is 0 Å². The molecule has 2 aromatic rings. The third-order valence-electron chi connectivity index (χ3n) is 6.06. The maximum Gasteiger partial charge on any atom is 0.261 e. The maximum atomic E-state index is 7.12. The predicted octanol–water partition coefficient (Wildman–Crippen LogP) is 5.76. The van der Waals surface area contributed by atoms with Crippen LogP contribution in [-0.4, -0.2) is 20.3 Å². The Hall–Kier alpha value is -0.903. The summed E-state index contributed by atoms with van der Waals surface area (Å²) in [6.45, 7) is 7.97. The topological polar surface area (TPSA) is 9.23 Å². The molecular weight excluding hydrogens is 412 g/mol. The van der Waals surface area contributed by atoms with Gasteiger partial charge in [-0.05, 0) is 46.5 Å². The summed E-state index contributed by atoms with van der Waals surface area (Å²) in [6.07, 6.45) is 5.30. The van der Waals surface area contributed by atoms with Gasteiger partial charge in [0.2, 0.25) is 0 Å². The molecular formula is C24H33BrOSi. The number of rotatable bonds is 6. The number of hydrogen-bond acceptors (Lipinski definition) is 1. The average Bonchev–Trinajstić information content (AvgIpc) is 2.69. The van der Waals surface area contributed by atoms with Gasteiger partial charge in [-0.25, -0.2) is 0 Å². The Balaban J connectivity index is 1.97. The lowest BCUT2D eigenvalue weighted by Crippen LogP contribution is -2.67. The van der Waals surface area contributed by atoms with Crippen LogP contribution >= 0.6 is 15.9 Å². The summed E-state index contributed by atoms with van der Waals surface area (Å²) in [7, 11) is -2.38. The van der Waals surface area contributed by atoms with E-state index in [9.17, 15) is 0 Å². The van der Waals surface area contributed by atoms with E-state index in [0.29, 0.717) is 5.92 Å². The number of hydrogen-bond donors (Lipinski definition) is 0. The Kier molecular flexibility index (Phi) is 6.99. The summed E-state index contributed by atoms with van der Waals surface area (Å²) in [5, 5.41) is 3.97. The highest BCUT2D eigenvalue weighted by Crippen LogP contribution is 2.38. The van der Waals surface area contributed by atoms with Crippen molar-refractivity contribution in [2.75, 3.05) is 11.9 Å². The van der Waals surface area contributed by atoms with Crippen LogP contribution in [0.2, 0.25) is 5.04 Å². The summed E-state index contributed by atoms with van der Waals surface area (Å²) in [5.41, 5.74) is 0. The van der Waals surface area contributed by atoms with E-state index >= 15 is 0 Å². The van der Waals surface area contributed by atoms with E-state index < -0.39 is 8.32 Å². The SMILES string of the molecule is CC(C)(C)[Si](OC[C@H]1CCC[C@@H](CBr)C1)(c1ccccc1)c1ccccc1. The Morgan fingerprint density at radius 1 is 0.889 bits per heavy atom. The minimum Gasteiger partial charge on any atom is -0.407 e. The summed E-state index contributed by atoms with van der Waals surface area (Å²) in [5.74, 6) is 1.49. The van der Waals surface area contributed by atoms with Crippen molar-refractivity contribution in [3.63, 3.8) is 0 Å². The molecule has 2 aromatic carbocycles. The molecule has 0 N–H and O–H groups in total. The smallest absolute Gasteiger partial charge is 0.261 e. The molecule has 0 bridgehead atoms. The van der Waals surface area contributed by atoms with Crippen molar-refractivity contribution in [2.24, 2.45) is 11.8 Å². The lowest BCUT2D eigenvalue weighted by molar-refractivity contribution is 0.176. The highest BCUT2D eigenvalue weighted by molar-refractivity contribution is 9.09. The monoisotopic (exact) mass is 444 g/mol. The second kappa shape index (κ2) is 9.06. The molecule has 3 rings (SSSR count). The highest BCUT2D eigenvalue weighted by atomic mass is 79.9. The van der Waals surface area contributed by atoms with Crippen LogP contribution in [0, 0.1) is 11.8 Å². The quantitative estimate of drug-likeness (QED) is 0.406. The maximum absolute atomic E-state index is 7.12. The van der Waals surface area contributed by atoms with Gasteiger partial charge in [-0.1, -0.05) is 104 Å². The van der Waals surface area contributed by atoms with Crippen molar-refractivity contribution in [1.29, 1.82) is 0 Å². The Morgan fingerprint density at radius 2 is 1.41 bits per heavy atom. The van der Waals surface area contributed by atoms with Gasteiger partial charge in [0.15, 0.2) is 0 Å². The van der Waals surface area contributed by atoms with Gasteiger partial charge in [-0.2, -0.15) is 0 Å². The first-order valence-electron chi connectivity index (χ1n) is 10.3. The third-order valence-corrected chi connectivity index (χ3v) is 12.0. The highest BCUT2D eigenvalue weighted by Gasteiger charge is 2.50. The second-order valence-corrected chi connectivity index (χ2v) is 14.0. The van der Waals surface area contributed by atoms with Gasteiger partial charge < -0.3 is 4.43 Å². The Bertz CT molecular complexity index is 656. The van der Waals surface area contributed by atoms with Crippen LogP contribution in [0.25, 0.3) is 0 Å². The summed E-state index contributed by atoms with van der Waals surface area (Å²) < 4.78 is 7.12. The average molecular weight is 446 g/mol. The normalized spacial score (nSPS) is 21.2. The molecule has 1 aliphatic rings. The van der Waals surface area contributed by atoms with Gasteiger partial charge in [0.1, 0.15) is 0 Å². The summed E-state index contributed by atoms with van der Waals surface area (Å²) >= 11 is 3.70. The van der Waals surface area contributed by atoms with Gasteiger partial charge in [0.25, 0.3) is 8.32 Å². The lowest BCUT2D eigenvalue weighted by atomic mass is 9.83. The molecule has 3 heteroatoms. The molecule has 0 radical (unpaired) electrons. The van der Waals surface area contributed by atoms with Crippen LogP contribution in [0.3, 0.4) is 0 Å². The minimum atomic E-state index is -2.38. The standard InChI is InChI=1S/C24H33BrOSi/c1-24(2,3)27(22-13-6-4-7-14-22,23-15-8-5-9-16-23)26-19-21-12-10-11-20(17-21)18-25/h4-9,13-16,20-21H,10-12,17-19H2,1-3H3/t20-,21+/m1/s1. The third kappa shape index (κ3) is 4.57. The molecule has 0 amide bonds. The van der Waals surface area contributed by atoms with Crippen molar-refractivity contribution in [3.8, 4) is 0 Å². The molecule has 0 saturated heterocycles. The molecule has 1 saturated carbocycles. The summed E-state index contributed by atoms with van der Waals surface area (Å²) in [6, 6.07) is 22.0. The Labute approximate surface area is 174 Å². The molecule has 0 aromatic heterocycles. The first kappa shape index (κ1) is 20.8. The van der Waals surface area contributed by atoms with E-state index in [1.165, 1.54) is 36.1 Å². The van der Waals surface area contributed by atoms with Gasteiger partial charge in [0, 0.05) is 11.9 Å². The summed E-state index contributed by atoms with van der Waals surface area (Å²) in [4.78, 5) is 0. The van der Waals surface area contributed by atoms with Crippen molar-refractivity contribution < 1.29 is 4.43 Å². The molecule has 1 aliphatic carbocycles. The van der Waals surface area contributed by atoms with E-state index in [4.69, 9.17) is 4.43 Å². The van der Waals surface area contributed by atoms with Crippen LogP contribution in [0.5, 0.6) is 0 Å². The molecule has 2 atom stereocenters. The minimum absolute atomic E-state index is 0.0686. The predicted molar refractivity (Wildman–Crippen MR) is 123 cm³/mol. The van der Waals surface area contributed by atoms with Crippen LogP contribution in [-0.2, 0) is 4.43 Å². The van der Waals surface area contributed by atoms with E-state index in [0.717, 1.165) is 17.9 Å². The largest absolute Gasteiger partial charge is 0.407 e. The number of halogens is 1. The van der Waals surface area contributed by atoms with E-state index in [2.05, 4.69) is 97.4 Å². The van der Waals surface area contributed by atoms with Crippen LogP contribution < -0.4 is 10.4 Å². The van der Waals surface area contributed by atoms with Gasteiger partial charge in [-0.15, -0.1) is 0 Å². The molecule has 0 heterocycles. The van der Waals surface area contributed by atoms with Crippen LogP contribution in [0.1, 0.15) is 46.5 Å². The number of alkyl halides is 1. The molecule has 0 aliphatic heterocycles. The second-order valence-electron chi connectivity index (χ2n) is 9.03. The van der Waals surface area contributed by atoms with Gasteiger partial charge in [0.05, 0.1) is 0 Å². The molecule has 0 unspecified atom stereocenters. The fraction of sp³-hybridized carbons (Fsp3) is 0.500. The van der Waals surface area contributed by atoms with Crippen molar-refractivity contribution in [1.82, 2.24) is 0 Å². The van der Waals surface area contributed by atoms with Gasteiger partial charge >= 0.3 is 0 Å².